The Labute approximate surface area is 161 Å². The van der Waals surface area contributed by atoms with Gasteiger partial charge in [-0.25, -0.2) is 4.39 Å². The third kappa shape index (κ3) is 3.33. The number of halogens is 1. The molecule has 1 amide bonds. The lowest BCUT2D eigenvalue weighted by Crippen LogP contribution is -2.38. The number of benzene rings is 1. The number of nitrogens with zero attached hydrogens (tertiary/aromatic N) is 2. The molecule has 0 bridgehead atoms. The number of ketones is 1. The average molecular weight is 384 g/mol. The van der Waals surface area contributed by atoms with Crippen LogP contribution >= 0.6 is 0 Å². The molecule has 0 aliphatic carbocycles. The minimum absolute atomic E-state index is 0.0251. The molecule has 1 unspecified atom stereocenters. The summed E-state index contributed by atoms with van der Waals surface area (Å²) in [6.07, 6.45) is 3.59. The van der Waals surface area contributed by atoms with Crippen LogP contribution in [0.4, 0.5) is 4.39 Å². The topological polar surface area (TPSA) is 74.0 Å². The first-order valence-corrected chi connectivity index (χ1v) is 9.36. The molecule has 28 heavy (non-hydrogen) atoms. The highest BCUT2D eigenvalue weighted by atomic mass is 19.1. The Morgan fingerprint density at radius 1 is 1.18 bits per heavy atom. The summed E-state index contributed by atoms with van der Waals surface area (Å²) < 4.78 is 19.1. The minimum Gasteiger partial charge on any atom is -0.503 e. The van der Waals surface area contributed by atoms with Gasteiger partial charge in [0.25, 0.3) is 5.91 Å². The van der Waals surface area contributed by atoms with Crippen molar-refractivity contribution in [1.82, 2.24) is 9.80 Å². The highest BCUT2D eigenvalue weighted by molar-refractivity contribution is 6.15. The predicted octanol–water partition coefficient (Wildman–Crippen LogP) is 3.09. The van der Waals surface area contributed by atoms with Crippen LogP contribution in [0.25, 0.3) is 0 Å². The minimum atomic E-state index is -0.858. The lowest BCUT2D eigenvalue weighted by atomic mass is 9.95. The fraction of sp³-hybridized carbons (Fsp3) is 0.333. The highest BCUT2D eigenvalue weighted by Gasteiger charge is 2.44. The maximum atomic E-state index is 13.9. The molecule has 1 aromatic heterocycles. The number of carbonyl (C=O) groups excluding carboxylic acids is 2. The second kappa shape index (κ2) is 7.59. The monoisotopic (exact) mass is 384 g/mol. The number of hydrogen-bond donors (Lipinski definition) is 1. The Kier molecular flexibility index (Phi) is 5.00. The summed E-state index contributed by atoms with van der Waals surface area (Å²) in [6.45, 7) is 2.89. The van der Waals surface area contributed by atoms with Gasteiger partial charge in [-0.1, -0.05) is 12.1 Å². The largest absolute Gasteiger partial charge is 0.503 e. The zero-order chi connectivity index (χ0) is 19.7. The number of likely N-dealkylation sites (tertiary alicyclic amines) is 1. The van der Waals surface area contributed by atoms with Crippen LogP contribution in [0, 0.1) is 5.82 Å². The van der Waals surface area contributed by atoms with Gasteiger partial charge in [-0.15, -0.1) is 0 Å². The standard InChI is InChI=1S/C21H21FN2O4/c22-15-6-3-5-14(13-15)18-17(19(25)16-7-4-12-28-16)20(26)21(27)24(18)11-10-23-8-1-2-9-23/h3-7,12-13,18,26H,1-2,8-11H2. The fourth-order valence-corrected chi connectivity index (χ4v) is 3.94. The molecule has 1 fully saturated rings. The van der Waals surface area contributed by atoms with Crippen LogP contribution in [-0.4, -0.2) is 52.8 Å². The quantitative estimate of drug-likeness (QED) is 0.775. The normalized spacial score (nSPS) is 20.4. The Morgan fingerprint density at radius 2 is 1.96 bits per heavy atom. The molecule has 7 heteroatoms. The van der Waals surface area contributed by atoms with Crippen molar-refractivity contribution < 1.29 is 23.5 Å². The maximum Gasteiger partial charge on any atom is 0.290 e. The molecule has 2 aromatic rings. The zero-order valence-corrected chi connectivity index (χ0v) is 15.3. The number of rotatable bonds is 6. The molecule has 1 saturated heterocycles. The Morgan fingerprint density at radius 3 is 2.64 bits per heavy atom. The zero-order valence-electron chi connectivity index (χ0n) is 15.3. The van der Waals surface area contributed by atoms with Crippen molar-refractivity contribution in [3.8, 4) is 0 Å². The van der Waals surface area contributed by atoms with Crippen molar-refractivity contribution >= 4 is 11.7 Å². The van der Waals surface area contributed by atoms with Crippen LogP contribution in [-0.2, 0) is 4.79 Å². The van der Waals surface area contributed by atoms with Crippen LogP contribution in [0.5, 0.6) is 0 Å². The summed E-state index contributed by atoms with van der Waals surface area (Å²) in [4.78, 5) is 29.4. The Balaban J connectivity index is 1.70. The third-order valence-corrected chi connectivity index (χ3v) is 5.31. The summed E-state index contributed by atoms with van der Waals surface area (Å²) in [7, 11) is 0. The SMILES string of the molecule is O=C(C1=C(O)C(=O)N(CCN2CCCC2)C1c1cccc(F)c1)c1ccco1. The second-order valence-electron chi connectivity index (χ2n) is 7.07. The van der Waals surface area contributed by atoms with Gasteiger partial charge in [0.1, 0.15) is 5.82 Å². The van der Waals surface area contributed by atoms with E-state index in [1.165, 1.54) is 35.4 Å². The van der Waals surface area contributed by atoms with Gasteiger partial charge in [0.05, 0.1) is 17.9 Å². The average Bonchev–Trinajstić information content (AvgIpc) is 3.43. The molecule has 1 atom stereocenters. The summed E-state index contributed by atoms with van der Waals surface area (Å²) in [5.41, 5.74) is 0.362. The first-order chi connectivity index (χ1) is 13.6. The summed E-state index contributed by atoms with van der Waals surface area (Å²) >= 11 is 0. The van der Waals surface area contributed by atoms with Crippen LogP contribution in [0.3, 0.4) is 0 Å². The molecular formula is C21H21FN2O4. The number of amides is 1. The number of Topliss-reactive ketones (excluding diaryl/α,β-unsaturated/α-hetero) is 1. The van der Waals surface area contributed by atoms with E-state index in [9.17, 15) is 19.1 Å². The summed E-state index contributed by atoms with van der Waals surface area (Å²) in [5, 5.41) is 10.5. The number of aliphatic hydroxyl groups is 1. The van der Waals surface area contributed by atoms with E-state index in [-0.39, 0.29) is 11.3 Å². The van der Waals surface area contributed by atoms with Crippen molar-refractivity contribution in [2.75, 3.05) is 26.2 Å². The first kappa shape index (κ1) is 18.4. The Bertz CT molecular complexity index is 916. The molecule has 1 aromatic carbocycles. The van der Waals surface area contributed by atoms with E-state index in [0.717, 1.165) is 25.9 Å². The molecule has 0 spiro atoms. The van der Waals surface area contributed by atoms with Gasteiger partial charge >= 0.3 is 0 Å². The van der Waals surface area contributed by atoms with E-state index in [1.54, 1.807) is 12.1 Å². The first-order valence-electron chi connectivity index (χ1n) is 9.36. The fourth-order valence-electron chi connectivity index (χ4n) is 3.94. The van der Waals surface area contributed by atoms with E-state index in [2.05, 4.69) is 4.90 Å². The number of hydrogen-bond acceptors (Lipinski definition) is 5. The van der Waals surface area contributed by atoms with Crippen molar-refractivity contribution in [3.63, 3.8) is 0 Å². The highest BCUT2D eigenvalue weighted by Crippen LogP contribution is 2.39. The lowest BCUT2D eigenvalue weighted by Gasteiger charge is -2.28. The lowest BCUT2D eigenvalue weighted by molar-refractivity contribution is -0.129. The van der Waals surface area contributed by atoms with E-state index < -0.39 is 29.3 Å². The molecular weight excluding hydrogens is 363 g/mol. The van der Waals surface area contributed by atoms with Crippen LogP contribution in [0.2, 0.25) is 0 Å². The second-order valence-corrected chi connectivity index (χ2v) is 7.07. The molecule has 1 N–H and O–H groups in total. The molecule has 146 valence electrons. The van der Waals surface area contributed by atoms with Crippen molar-refractivity contribution in [3.05, 3.63) is 71.1 Å². The van der Waals surface area contributed by atoms with E-state index in [0.29, 0.717) is 18.7 Å². The van der Waals surface area contributed by atoms with E-state index in [1.807, 2.05) is 0 Å². The van der Waals surface area contributed by atoms with Gasteiger partial charge in [-0.2, -0.15) is 0 Å². The number of aliphatic hydroxyl groups excluding tert-OH is 1. The van der Waals surface area contributed by atoms with E-state index in [4.69, 9.17) is 4.42 Å². The number of carbonyl (C=O) groups is 2. The van der Waals surface area contributed by atoms with Crippen LogP contribution in [0.15, 0.2) is 58.4 Å². The molecule has 2 aliphatic rings. The van der Waals surface area contributed by atoms with Gasteiger partial charge in [0.2, 0.25) is 5.78 Å². The molecule has 3 heterocycles. The maximum absolute atomic E-state index is 13.9. The Hall–Kier alpha value is -2.93. The van der Waals surface area contributed by atoms with Crippen LogP contribution < -0.4 is 0 Å². The van der Waals surface area contributed by atoms with Gasteiger partial charge in [-0.05, 0) is 55.8 Å². The van der Waals surface area contributed by atoms with Gasteiger partial charge < -0.3 is 19.3 Å². The third-order valence-electron chi connectivity index (χ3n) is 5.31. The molecule has 4 rings (SSSR count). The van der Waals surface area contributed by atoms with Crippen molar-refractivity contribution in [2.24, 2.45) is 0 Å². The molecule has 0 radical (unpaired) electrons. The predicted molar refractivity (Wildman–Crippen MR) is 99.2 cm³/mol. The molecule has 0 saturated carbocycles. The van der Waals surface area contributed by atoms with Crippen molar-refractivity contribution in [2.45, 2.75) is 18.9 Å². The van der Waals surface area contributed by atoms with Crippen LogP contribution in [0.1, 0.15) is 35.0 Å². The van der Waals surface area contributed by atoms with Crippen molar-refractivity contribution in [1.29, 1.82) is 0 Å². The van der Waals surface area contributed by atoms with Gasteiger partial charge in [-0.3, -0.25) is 9.59 Å². The molecule has 6 nitrogen and oxygen atoms in total. The van der Waals surface area contributed by atoms with E-state index >= 15 is 0 Å². The van der Waals surface area contributed by atoms with Gasteiger partial charge in [0.15, 0.2) is 11.5 Å². The smallest absolute Gasteiger partial charge is 0.290 e. The summed E-state index contributed by atoms with van der Waals surface area (Å²) in [5.74, 6) is -2.24. The summed E-state index contributed by atoms with van der Waals surface area (Å²) in [6, 6.07) is 7.94. The van der Waals surface area contributed by atoms with Gasteiger partial charge in [0, 0.05) is 13.1 Å². The number of furan rings is 1. The molecule has 2 aliphatic heterocycles.